The molecule has 2 aliphatic carbocycles. The first-order valence-corrected chi connectivity index (χ1v) is 14.5. The molecule has 0 amide bonds. The van der Waals surface area contributed by atoms with Crippen molar-refractivity contribution in [3.63, 3.8) is 0 Å². The largest absolute Gasteiger partial charge is 0.462 e. The lowest BCUT2D eigenvalue weighted by Gasteiger charge is -2.28. The van der Waals surface area contributed by atoms with E-state index in [0.29, 0.717) is 47.8 Å². The van der Waals surface area contributed by atoms with Crippen LogP contribution in [-0.2, 0) is 14.3 Å². The molecule has 2 fully saturated rings. The van der Waals surface area contributed by atoms with Crippen molar-refractivity contribution < 1.29 is 14.3 Å². The summed E-state index contributed by atoms with van der Waals surface area (Å²) >= 11 is 0. The van der Waals surface area contributed by atoms with E-state index in [1.807, 2.05) is 6.92 Å². The van der Waals surface area contributed by atoms with Crippen LogP contribution in [0.25, 0.3) is 0 Å². The van der Waals surface area contributed by atoms with Crippen LogP contribution in [0.1, 0.15) is 106 Å². The van der Waals surface area contributed by atoms with Crippen molar-refractivity contribution in [2.24, 2.45) is 11.8 Å². The number of hydrogen-bond donors (Lipinski definition) is 0. The topological polar surface area (TPSA) is 43.4 Å². The smallest absolute Gasteiger partial charge is 0.333 e. The van der Waals surface area contributed by atoms with Gasteiger partial charge in [0.15, 0.2) is 5.78 Å². The van der Waals surface area contributed by atoms with Gasteiger partial charge in [-0.25, -0.2) is 4.79 Å². The molecule has 0 radical (unpaired) electrons. The average Bonchev–Trinajstić information content (AvgIpc) is 2.96. The molecule has 2 aromatic carbocycles. The van der Waals surface area contributed by atoms with Crippen LogP contribution in [0.4, 0.5) is 0 Å². The number of hydrogen-bond acceptors (Lipinski definition) is 3. The van der Waals surface area contributed by atoms with Gasteiger partial charge in [0.2, 0.25) is 0 Å². The molecule has 2 saturated carbocycles. The number of allylic oxidation sites excluding steroid dienone is 1. The molecule has 4 rings (SSSR count). The molecule has 2 aromatic rings. The summed E-state index contributed by atoms with van der Waals surface area (Å²) in [5, 5.41) is 0. The summed E-state index contributed by atoms with van der Waals surface area (Å²) in [7, 11) is 0. The van der Waals surface area contributed by atoms with Crippen molar-refractivity contribution in [3.05, 3.63) is 95.1 Å². The molecule has 39 heavy (non-hydrogen) atoms. The zero-order valence-electron chi connectivity index (χ0n) is 23.6. The fraction of sp³-hybridized carbons (Fsp3) is 0.444. The van der Waals surface area contributed by atoms with Crippen molar-refractivity contribution in [3.8, 4) is 11.8 Å². The van der Waals surface area contributed by atoms with Gasteiger partial charge >= 0.3 is 5.97 Å². The molecule has 3 heteroatoms. The lowest BCUT2D eigenvalue weighted by atomic mass is 9.76. The van der Waals surface area contributed by atoms with E-state index in [1.165, 1.54) is 11.1 Å². The molecule has 0 saturated heterocycles. The highest BCUT2D eigenvalue weighted by atomic mass is 16.5. The number of esters is 1. The Morgan fingerprint density at radius 2 is 1.13 bits per heavy atom. The van der Waals surface area contributed by atoms with E-state index in [4.69, 9.17) is 4.74 Å². The number of carbonyl (C=O) groups is 2. The minimum Gasteiger partial charge on any atom is -0.462 e. The number of benzene rings is 2. The standard InChI is InChI=1S/C36H42O3/c1-25(2)35(37)23-29-11-19-33(20-12-29)31-15-7-27(8-16-31)5-6-28-9-17-32(18-10-28)34-21-13-30(14-22-34)24-39-36(38)26(3)4/h7-10,15-18,29-30,33-34H,1,3,11-14,19-24H2,2,4H3. The summed E-state index contributed by atoms with van der Waals surface area (Å²) in [6, 6.07) is 17.4. The number of ether oxygens (including phenoxy) is 1. The summed E-state index contributed by atoms with van der Waals surface area (Å²) in [5.41, 5.74) is 5.98. The third-order valence-electron chi connectivity index (χ3n) is 8.56. The summed E-state index contributed by atoms with van der Waals surface area (Å²) in [4.78, 5) is 23.6. The fourth-order valence-corrected chi connectivity index (χ4v) is 5.94. The van der Waals surface area contributed by atoms with Crippen LogP contribution >= 0.6 is 0 Å². The van der Waals surface area contributed by atoms with Gasteiger partial charge in [0.05, 0.1) is 6.61 Å². The van der Waals surface area contributed by atoms with Gasteiger partial charge in [-0.1, -0.05) is 49.3 Å². The maximum absolute atomic E-state index is 12.0. The van der Waals surface area contributed by atoms with Gasteiger partial charge in [-0.3, -0.25) is 4.79 Å². The van der Waals surface area contributed by atoms with Crippen molar-refractivity contribution in [1.82, 2.24) is 0 Å². The Hall–Kier alpha value is -3.38. The number of ketones is 1. The van der Waals surface area contributed by atoms with Gasteiger partial charge in [-0.05, 0) is 130 Å². The highest BCUT2D eigenvalue weighted by Gasteiger charge is 2.25. The van der Waals surface area contributed by atoms with Gasteiger partial charge in [-0.2, -0.15) is 0 Å². The zero-order valence-corrected chi connectivity index (χ0v) is 23.6. The van der Waals surface area contributed by atoms with Crippen LogP contribution in [-0.4, -0.2) is 18.4 Å². The predicted molar refractivity (Wildman–Crippen MR) is 158 cm³/mol. The van der Waals surface area contributed by atoms with Crippen molar-refractivity contribution in [1.29, 1.82) is 0 Å². The van der Waals surface area contributed by atoms with Crippen LogP contribution in [0.2, 0.25) is 0 Å². The molecule has 0 heterocycles. The first kappa shape index (κ1) is 28.6. The molecule has 0 spiro atoms. The number of Topliss-reactive ketones (excluding diaryl/α,β-unsaturated/α-hetero) is 1. The van der Waals surface area contributed by atoms with E-state index >= 15 is 0 Å². The van der Waals surface area contributed by atoms with Crippen LogP contribution in [0.3, 0.4) is 0 Å². The Kier molecular flexibility index (Phi) is 9.99. The maximum Gasteiger partial charge on any atom is 0.333 e. The molecule has 2 aliphatic rings. The molecule has 0 atom stereocenters. The molecule has 0 aromatic heterocycles. The molecule has 0 aliphatic heterocycles. The molecule has 204 valence electrons. The summed E-state index contributed by atoms with van der Waals surface area (Å²) in [6.07, 6.45) is 9.62. The second-order valence-electron chi connectivity index (χ2n) is 11.7. The van der Waals surface area contributed by atoms with Gasteiger partial charge in [0.25, 0.3) is 0 Å². The number of carbonyl (C=O) groups excluding carboxylic acids is 2. The maximum atomic E-state index is 12.0. The van der Waals surface area contributed by atoms with Gasteiger partial charge in [0, 0.05) is 23.1 Å². The van der Waals surface area contributed by atoms with Crippen LogP contribution < -0.4 is 0 Å². The van der Waals surface area contributed by atoms with E-state index in [1.54, 1.807) is 6.92 Å². The van der Waals surface area contributed by atoms with Crippen LogP contribution in [0.15, 0.2) is 72.8 Å². The summed E-state index contributed by atoms with van der Waals surface area (Å²) < 4.78 is 5.36. The minimum absolute atomic E-state index is 0.221. The van der Waals surface area contributed by atoms with Crippen molar-refractivity contribution in [2.45, 2.75) is 83.5 Å². The van der Waals surface area contributed by atoms with E-state index < -0.39 is 0 Å². The Labute approximate surface area is 234 Å². The Morgan fingerprint density at radius 3 is 1.54 bits per heavy atom. The van der Waals surface area contributed by atoms with Crippen molar-refractivity contribution >= 4 is 11.8 Å². The third-order valence-corrected chi connectivity index (χ3v) is 8.56. The third kappa shape index (κ3) is 8.30. The van der Waals surface area contributed by atoms with E-state index in [0.717, 1.165) is 62.5 Å². The molecular weight excluding hydrogens is 480 g/mol. The minimum atomic E-state index is -0.281. The van der Waals surface area contributed by atoms with E-state index in [-0.39, 0.29) is 11.8 Å². The highest BCUT2D eigenvalue weighted by Crippen LogP contribution is 2.38. The lowest BCUT2D eigenvalue weighted by Crippen LogP contribution is -2.20. The highest BCUT2D eigenvalue weighted by molar-refractivity contribution is 5.94. The van der Waals surface area contributed by atoms with Gasteiger partial charge in [-0.15, -0.1) is 0 Å². The Bertz CT molecular complexity index is 1220. The quantitative estimate of drug-likeness (QED) is 0.199. The molecule has 0 N–H and O–H groups in total. The predicted octanol–water partition coefficient (Wildman–Crippen LogP) is 8.29. The van der Waals surface area contributed by atoms with Crippen LogP contribution in [0, 0.1) is 23.7 Å². The molecule has 3 nitrogen and oxygen atoms in total. The molecule has 0 bridgehead atoms. The SMILES string of the molecule is C=C(C)C(=O)CC1CCC(c2ccc(C#Cc3ccc(C4CCC(COC(=O)C(=C)C)CC4)cc3)cc2)CC1. The fourth-order valence-electron chi connectivity index (χ4n) is 5.94. The average molecular weight is 523 g/mol. The monoisotopic (exact) mass is 522 g/mol. The number of rotatable bonds is 8. The Morgan fingerprint density at radius 1 is 0.692 bits per heavy atom. The van der Waals surface area contributed by atoms with Crippen molar-refractivity contribution in [2.75, 3.05) is 6.61 Å². The summed E-state index contributed by atoms with van der Waals surface area (Å²) in [5.74, 6) is 8.69. The second kappa shape index (κ2) is 13.6. The summed E-state index contributed by atoms with van der Waals surface area (Å²) in [6.45, 7) is 11.4. The molecular formula is C36H42O3. The lowest BCUT2D eigenvalue weighted by molar-refractivity contribution is -0.140. The zero-order chi connectivity index (χ0) is 27.8. The van der Waals surface area contributed by atoms with Gasteiger partial charge < -0.3 is 4.74 Å². The first-order valence-electron chi connectivity index (χ1n) is 14.5. The van der Waals surface area contributed by atoms with Gasteiger partial charge in [0.1, 0.15) is 0 Å². The van der Waals surface area contributed by atoms with Crippen LogP contribution in [0.5, 0.6) is 0 Å². The Balaban J connectivity index is 1.24. The van der Waals surface area contributed by atoms with E-state index in [9.17, 15) is 9.59 Å². The first-order chi connectivity index (χ1) is 18.8. The second-order valence-corrected chi connectivity index (χ2v) is 11.7. The molecule has 0 unspecified atom stereocenters. The normalized spacial score (nSPS) is 22.7. The van der Waals surface area contributed by atoms with E-state index in [2.05, 4.69) is 73.5 Å².